The smallest absolute Gasteiger partial charge is 0.271 e. The molecule has 0 aliphatic carbocycles. The van der Waals surface area contributed by atoms with Crippen LogP contribution in [0.25, 0.3) is 0 Å². The van der Waals surface area contributed by atoms with Crippen LogP contribution in [0.5, 0.6) is 11.5 Å². The molecule has 2 aromatic carbocycles. The van der Waals surface area contributed by atoms with Crippen LogP contribution in [0.2, 0.25) is 5.02 Å². The van der Waals surface area contributed by atoms with E-state index < -0.39 is 5.91 Å². The Morgan fingerprint density at radius 2 is 1.92 bits per heavy atom. The van der Waals surface area contributed by atoms with Crippen molar-refractivity contribution in [2.45, 2.75) is 6.92 Å². The molecule has 8 heteroatoms. The van der Waals surface area contributed by atoms with Gasteiger partial charge in [-0.25, -0.2) is 5.43 Å². The van der Waals surface area contributed by atoms with Crippen molar-refractivity contribution in [1.82, 2.24) is 5.43 Å². The Hall–Kier alpha value is -3.06. The summed E-state index contributed by atoms with van der Waals surface area (Å²) < 4.78 is 4.99. The monoisotopic (exact) mass is 361 g/mol. The van der Waals surface area contributed by atoms with Crippen LogP contribution in [0.3, 0.4) is 0 Å². The second kappa shape index (κ2) is 8.16. The molecule has 25 heavy (non-hydrogen) atoms. The zero-order valence-corrected chi connectivity index (χ0v) is 14.3. The molecule has 0 atom stereocenters. The van der Waals surface area contributed by atoms with Gasteiger partial charge >= 0.3 is 0 Å². The summed E-state index contributed by atoms with van der Waals surface area (Å²) in [6, 6.07) is 9.37. The number of nitrogens with zero attached hydrogens (tertiary/aromatic N) is 1. The Morgan fingerprint density at radius 1 is 1.24 bits per heavy atom. The highest BCUT2D eigenvalue weighted by atomic mass is 35.5. The number of hydrogen-bond donors (Lipinski definition) is 3. The van der Waals surface area contributed by atoms with Crippen LogP contribution in [0.4, 0.5) is 5.69 Å². The number of hydrazone groups is 1. The first-order chi connectivity index (χ1) is 11.9. The zero-order valence-electron chi connectivity index (χ0n) is 13.5. The number of benzene rings is 2. The molecule has 130 valence electrons. The summed E-state index contributed by atoms with van der Waals surface area (Å²) in [5.74, 6) is -0.564. The van der Waals surface area contributed by atoms with Crippen LogP contribution in [0.15, 0.2) is 41.5 Å². The highest BCUT2D eigenvalue weighted by molar-refractivity contribution is 6.32. The summed E-state index contributed by atoms with van der Waals surface area (Å²) in [6.07, 6.45) is 1.37. The van der Waals surface area contributed by atoms with E-state index in [0.717, 1.165) is 0 Å². The number of nitrogens with one attached hydrogen (secondary N) is 2. The van der Waals surface area contributed by atoms with Gasteiger partial charge in [-0.1, -0.05) is 11.6 Å². The van der Waals surface area contributed by atoms with E-state index in [1.165, 1.54) is 32.4 Å². The predicted molar refractivity (Wildman–Crippen MR) is 95.5 cm³/mol. The lowest BCUT2D eigenvalue weighted by atomic mass is 10.2. The molecular weight excluding hydrogens is 346 g/mol. The van der Waals surface area contributed by atoms with Crippen LogP contribution >= 0.6 is 11.6 Å². The SMILES string of the molecule is COc1cc(/C=N\NC(=O)c2ccc(NC(C)=O)cc2)cc(Cl)c1O. The molecule has 0 radical (unpaired) electrons. The molecule has 0 saturated heterocycles. The van der Waals surface area contributed by atoms with Crippen LogP contribution < -0.4 is 15.5 Å². The van der Waals surface area contributed by atoms with Gasteiger partial charge in [0.25, 0.3) is 5.91 Å². The maximum atomic E-state index is 12.0. The molecule has 0 aromatic heterocycles. The first-order valence-corrected chi connectivity index (χ1v) is 7.56. The van der Waals surface area contributed by atoms with E-state index in [9.17, 15) is 14.7 Å². The van der Waals surface area contributed by atoms with E-state index in [1.54, 1.807) is 24.3 Å². The fourth-order valence-electron chi connectivity index (χ4n) is 1.96. The van der Waals surface area contributed by atoms with Crippen LogP contribution in [0.1, 0.15) is 22.8 Å². The van der Waals surface area contributed by atoms with Gasteiger partial charge in [-0.05, 0) is 42.0 Å². The van der Waals surface area contributed by atoms with Gasteiger partial charge in [0.2, 0.25) is 5.91 Å². The molecule has 2 amide bonds. The molecule has 0 aliphatic heterocycles. The van der Waals surface area contributed by atoms with E-state index in [1.807, 2.05) is 0 Å². The lowest BCUT2D eigenvalue weighted by molar-refractivity contribution is -0.114. The second-order valence-corrected chi connectivity index (χ2v) is 5.42. The van der Waals surface area contributed by atoms with E-state index in [4.69, 9.17) is 16.3 Å². The largest absolute Gasteiger partial charge is 0.503 e. The topological polar surface area (TPSA) is 100 Å². The van der Waals surface area contributed by atoms with Crippen molar-refractivity contribution >= 4 is 35.3 Å². The Morgan fingerprint density at radius 3 is 2.52 bits per heavy atom. The maximum absolute atomic E-state index is 12.0. The van der Waals surface area contributed by atoms with E-state index >= 15 is 0 Å². The van der Waals surface area contributed by atoms with E-state index in [2.05, 4.69) is 15.8 Å². The number of rotatable bonds is 5. The molecule has 0 unspecified atom stereocenters. The van der Waals surface area contributed by atoms with Crippen molar-refractivity contribution in [2.75, 3.05) is 12.4 Å². The van der Waals surface area contributed by atoms with Crippen LogP contribution in [-0.2, 0) is 4.79 Å². The Bertz CT molecular complexity index is 819. The lowest BCUT2D eigenvalue weighted by Gasteiger charge is -2.06. The molecule has 2 rings (SSSR count). The minimum atomic E-state index is -0.414. The second-order valence-electron chi connectivity index (χ2n) is 5.01. The molecule has 0 spiro atoms. The molecule has 0 aliphatic rings. The molecule has 0 fully saturated rings. The summed E-state index contributed by atoms with van der Waals surface area (Å²) in [5.41, 5.74) is 3.90. The average molecular weight is 362 g/mol. The Kier molecular flexibility index (Phi) is 5.97. The highest BCUT2D eigenvalue weighted by Crippen LogP contribution is 2.34. The Labute approximate surface area is 149 Å². The number of carbonyl (C=O) groups excluding carboxylic acids is 2. The zero-order chi connectivity index (χ0) is 18.4. The normalized spacial score (nSPS) is 10.5. The molecular formula is C17H16ClN3O4. The van der Waals surface area contributed by atoms with Gasteiger partial charge in [0.05, 0.1) is 18.3 Å². The van der Waals surface area contributed by atoms with Gasteiger partial charge in [0, 0.05) is 18.2 Å². The number of hydrogen-bond acceptors (Lipinski definition) is 5. The highest BCUT2D eigenvalue weighted by Gasteiger charge is 2.08. The minimum Gasteiger partial charge on any atom is -0.503 e. The number of methoxy groups -OCH3 is 1. The van der Waals surface area contributed by atoms with Gasteiger partial charge in [-0.2, -0.15) is 5.10 Å². The summed E-state index contributed by atoms with van der Waals surface area (Å²) >= 11 is 5.88. The Balaban J connectivity index is 2.03. The fraction of sp³-hybridized carbons (Fsp3) is 0.118. The van der Waals surface area contributed by atoms with Gasteiger partial charge in [-0.15, -0.1) is 0 Å². The third kappa shape index (κ3) is 4.95. The number of carbonyl (C=O) groups is 2. The summed E-state index contributed by atoms with van der Waals surface area (Å²) in [6.45, 7) is 1.40. The number of aromatic hydroxyl groups is 1. The first kappa shape index (κ1) is 18.3. The number of phenolic OH excluding ortho intramolecular Hbond substituents is 1. The molecule has 7 nitrogen and oxygen atoms in total. The van der Waals surface area contributed by atoms with Crippen molar-refractivity contribution in [2.24, 2.45) is 5.10 Å². The maximum Gasteiger partial charge on any atom is 0.271 e. The van der Waals surface area contributed by atoms with Gasteiger partial charge in [0.1, 0.15) is 0 Å². The van der Waals surface area contributed by atoms with Crippen molar-refractivity contribution < 1.29 is 19.4 Å². The van der Waals surface area contributed by atoms with Crippen LogP contribution in [-0.4, -0.2) is 30.2 Å². The minimum absolute atomic E-state index is 0.112. The van der Waals surface area contributed by atoms with E-state index in [-0.39, 0.29) is 22.4 Å². The molecule has 0 saturated carbocycles. The predicted octanol–water partition coefficient (Wildman–Crippen LogP) is 2.78. The number of halogens is 1. The van der Waals surface area contributed by atoms with Crippen molar-refractivity contribution in [3.8, 4) is 11.5 Å². The van der Waals surface area contributed by atoms with Gasteiger partial charge in [0.15, 0.2) is 11.5 Å². The average Bonchev–Trinajstić information content (AvgIpc) is 2.57. The number of anilines is 1. The number of phenols is 1. The molecule has 2 aromatic rings. The van der Waals surface area contributed by atoms with Crippen molar-refractivity contribution in [1.29, 1.82) is 0 Å². The first-order valence-electron chi connectivity index (χ1n) is 7.18. The third-order valence-corrected chi connectivity index (χ3v) is 3.41. The lowest BCUT2D eigenvalue weighted by Crippen LogP contribution is -2.17. The summed E-state index contributed by atoms with van der Waals surface area (Å²) in [5, 5.41) is 16.2. The standard InChI is InChI=1S/C17H16ClN3O4/c1-10(22)20-13-5-3-12(4-6-13)17(24)21-19-9-11-7-14(18)16(23)15(8-11)25-2/h3-9,23H,1-2H3,(H,20,22)(H,21,24)/b19-9-. The summed E-state index contributed by atoms with van der Waals surface area (Å²) in [7, 11) is 1.40. The number of amides is 2. The van der Waals surface area contributed by atoms with Crippen LogP contribution in [0, 0.1) is 0 Å². The van der Waals surface area contributed by atoms with Crippen molar-refractivity contribution in [3.63, 3.8) is 0 Å². The molecule has 3 N–H and O–H groups in total. The third-order valence-electron chi connectivity index (χ3n) is 3.12. The van der Waals surface area contributed by atoms with Gasteiger partial charge < -0.3 is 15.2 Å². The van der Waals surface area contributed by atoms with Crippen molar-refractivity contribution in [3.05, 3.63) is 52.5 Å². The quantitative estimate of drug-likeness (QED) is 0.563. The number of ether oxygens (including phenoxy) is 1. The molecule has 0 heterocycles. The fourth-order valence-corrected chi connectivity index (χ4v) is 2.18. The molecule has 0 bridgehead atoms. The summed E-state index contributed by atoms with van der Waals surface area (Å²) in [4.78, 5) is 23.0. The van der Waals surface area contributed by atoms with Gasteiger partial charge in [-0.3, -0.25) is 9.59 Å². The van der Waals surface area contributed by atoms with E-state index in [0.29, 0.717) is 16.8 Å².